The van der Waals surface area contributed by atoms with Gasteiger partial charge < -0.3 is 15.5 Å². The number of aliphatic imine (C=N–C) groups is 1. The highest BCUT2D eigenvalue weighted by atomic mass is 127. The molecule has 2 rings (SSSR count). The van der Waals surface area contributed by atoms with Crippen LogP contribution >= 0.6 is 24.0 Å². The minimum atomic E-state index is 0. The second kappa shape index (κ2) is 14.6. The third-order valence-electron chi connectivity index (χ3n) is 5.33. The number of likely N-dealkylation sites (tertiary alicyclic amines) is 1. The molecular formula is C22H38IN5O. The van der Waals surface area contributed by atoms with Gasteiger partial charge in [-0.1, -0.05) is 43.7 Å². The molecule has 1 amide bonds. The molecule has 1 aromatic carbocycles. The summed E-state index contributed by atoms with van der Waals surface area (Å²) in [7, 11) is 3.52. The summed E-state index contributed by atoms with van der Waals surface area (Å²) in [5.74, 6) is 0.724. The van der Waals surface area contributed by atoms with E-state index < -0.39 is 0 Å². The molecule has 0 aliphatic carbocycles. The lowest BCUT2D eigenvalue weighted by atomic mass is 10.0. The number of hydrogen-bond acceptors (Lipinski definition) is 3. The predicted molar refractivity (Wildman–Crippen MR) is 132 cm³/mol. The van der Waals surface area contributed by atoms with E-state index in [0.29, 0.717) is 6.04 Å². The molecule has 1 unspecified atom stereocenters. The van der Waals surface area contributed by atoms with Crippen LogP contribution in [0, 0.1) is 0 Å². The first-order valence-corrected chi connectivity index (χ1v) is 10.6. The number of amides is 1. The van der Waals surface area contributed by atoms with Crippen molar-refractivity contribution in [2.24, 2.45) is 4.99 Å². The molecule has 1 aromatic rings. The second-order valence-electron chi connectivity index (χ2n) is 7.64. The van der Waals surface area contributed by atoms with E-state index in [1.54, 1.807) is 19.0 Å². The van der Waals surface area contributed by atoms with Crippen LogP contribution in [0.4, 0.5) is 0 Å². The van der Waals surface area contributed by atoms with Gasteiger partial charge in [-0.15, -0.1) is 24.0 Å². The van der Waals surface area contributed by atoms with Gasteiger partial charge >= 0.3 is 0 Å². The van der Waals surface area contributed by atoms with Crippen molar-refractivity contribution in [1.82, 2.24) is 20.4 Å². The number of likely N-dealkylation sites (N-methyl/N-ethyl adjacent to an activating group) is 1. The quantitative estimate of drug-likeness (QED) is 0.302. The van der Waals surface area contributed by atoms with E-state index >= 15 is 0 Å². The van der Waals surface area contributed by atoms with E-state index in [-0.39, 0.29) is 36.4 Å². The third kappa shape index (κ3) is 9.80. The maximum Gasteiger partial charge on any atom is 0.243 e. The van der Waals surface area contributed by atoms with Crippen molar-refractivity contribution < 1.29 is 4.79 Å². The van der Waals surface area contributed by atoms with E-state index in [4.69, 9.17) is 0 Å². The number of benzene rings is 1. The lowest BCUT2D eigenvalue weighted by Crippen LogP contribution is -2.46. The molecule has 0 radical (unpaired) electrons. The van der Waals surface area contributed by atoms with Crippen molar-refractivity contribution >= 4 is 35.8 Å². The average Bonchev–Trinajstić information content (AvgIpc) is 2.72. The Hall–Kier alpha value is -1.35. The SMILES string of the molecule is CCC1CCCCN1CCNC(=NCC(=O)N(C)C)NCCc1ccccc1.I. The summed E-state index contributed by atoms with van der Waals surface area (Å²) in [6.07, 6.45) is 6.10. The molecular weight excluding hydrogens is 477 g/mol. The van der Waals surface area contributed by atoms with Crippen molar-refractivity contribution in [3.8, 4) is 0 Å². The molecule has 0 bridgehead atoms. The van der Waals surface area contributed by atoms with Gasteiger partial charge in [-0.05, 0) is 37.8 Å². The number of halogens is 1. The molecule has 1 fully saturated rings. The number of carbonyl (C=O) groups is 1. The summed E-state index contributed by atoms with van der Waals surface area (Å²) in [5.41, 5.74) is 1.29. The summed E-state index contributed by atoms with van der Waals surface area (Å²) in [4.78, 5) is 20.5. The van der Waals surface area contributed by atoms with Crippen LogP contribution in [0.5, 0.6) is 0 Å². The average molecular weight is 515 g/mol. The van der Waals surface area contributed by atoms with Crippen molar-refractivity contribution in [3.05, 3.63) is 35.9 Å². The Labute approximate surface area is 193 Å². The summed E-state index contributed by atoms with van der Waals surface area (Å²) in [6.45, 7) is 6.26. The van der Waals surface area contributed by atoms with Gasteiger partial charge in [0.15, 0.2) is 5.96 Å². The number of piperidine rings is 1. The largest absolute Gasteiger partial charge is 0.356 e. The second-order valence-corrected chi connectivity index (χ2v) is 7.64. The van der Waals surface area contributed by atoms with Crippen LogP contribution in [0.1, 0.15) is 38.2 Å². The molecule has 7 heteroatoms. The van der Waals surface area contributed by atoms with Gasteiger partial charge in [-0.3, -0.25) is 9.69 Å². The van der Waals surface area contributed by atoms with Gasteiger partial charge in [0.2, 0.25) is 5.91 Å². The van der Waals surface area contributed by atoms with E-state index in [2.05, 4.69) is 51.7 Å². The predicted octanol–water partition coefficient (Wildman–Crippen LogP) is 2.74. The van der Waals surface area contributed by atoms with Crippen molar-refractivity contribution in [2.75, 3.05) is 46.8 Å². The first-order chi connectivity index (χ1) is 13.6. The molecule has 164 valence electrons. The summed E-state index contributed by atoms with van der Waals surface area (Å²) in [6, 6.07) is 11.1. The molecule has 0 aromatic heterocycles. The number of rotatable bonds is 9. The normalized spacial score (nSPS) is 17.3. The molecule has 1 atom stereocenters. The lowest BCUT2D eigenvalue weighted by Gasteiger charge is -2.35. The Morgan fingerprint density at radius 1 is 1.17 bits per heavy atom. The topological polar surface area (TPSA) is 60.0 Å². The van der Waals surface area contributed by atoms with E-state index in [9.17, 15) is 4.79 Å². The Balaban J connectivity index is 0.00000420. The number of guanidine groups is 1. The molecule has 1 aliphatic rings. The van der Waals surface area contributed by atoms with Gasteiger partial charge in [0, 0.05) is 39.8 Å². The zero-order valence-corrected chi connectivity index (χ0v) is 20.5. The fraction of sp³-hybridized carbons (Fsp3) is 0.636. The Kier molecular flexibility index (Phi) is 12.9. The van der Waals surface area contributed by atoms with Crippen LogP contribution in [0.25, 0.3) is 0 Å². The molecule has 1 aliphatic heterocycles. The molecule has 0 saturated carbocycles. The van der Waals surface area contributed by atoms with E-state index in [1.807, 2.05) is 6.07 Å². The van der Waals surface area contributed by atoms with Crippen molar-refractivity contribution in [1.29, 1.82) is 0 Å². The monoisotopic (exact) mass is 515 g/mol. The van der Waals surface area contributed by atoms with Crippen molar-refractivity contribution in [2.45, 2.75) is 45.1 Å². The summed E-state index contributed by atoms with van der Waals surface area (Å²) < 4.78 is 0. The van der Waals surface area contributed by atoms with Crippen molar-refractivity contribution in [3.63, 3.8) is 0 Å². The first-order valence-electron chi connectivity index (χ1n) is 10.6. The molecule has 6 nitrogen and oxygen atoms in total. The highest BCUT2D eigenvalue weighted by molar-refractivity contribution is 14.0. The zero-order chi connectivity index (χ0) is 20.2. The minimum absolute atomic E-state index is 0. The smallest absolute Gasteiger partial charge is 0.243 e. The third-order valence-corrected chi connectivity index (χ3v) is 5.33. The lowest BCUT2D eigenvalue weighted by molar-refractivity contribution is -0.127. The Bertz CT molecular complexity index is 608. The minimum Gasteiger partial charge on any atom is -0.356 e. The first kappa shape index (κ1) is 25.7. The molecule has 29 heavy (non-hydrogen) atoms. The van der Waals surface area contributed by atoms with Gasteiger partial charge in [0.25, 0.3) is 0 Å². The van der Waals surface area contributed by atoms with Crippen LogP contribution in [0.3, 0.4) is 0 Å². The maximum atomic E-state index is 11.9. The fourth-order valence-corrected chi connectivity index (χ4v) is 3.57. The molecule has 1 saturated heterocycles. The number of nitrogens with zero attached hydrogens (tertiary/aromatic N) is 3. The Morgan fingerprint density at radius 3 is 2.59 bits per heavy atom. The summed E-state index contributed by atoms with van der Waals surface area (Å²) in [5, 5.41) is 6.79. The van der Waals surface area contributed by atoms with E-state index in [1.165, 1.54) is 37.8 Å². The molecule has 0 spiro atoms. The van der Waals surface area contributed by atoms with Crippen LogP contribution in [-0.4, -0.2) is 74.5 Å². The Morgan fingerprint density at radius 2 is 1.90 bits per heavy atom. The number of hydrogen-bond donors (Lipinski definition) is 2. The number of carbonyl (C=O) groups excluding carboxylic acids is 1. The number of nitrogens with one attached hydrogen (secondary N) is 2. The van der Waals surface area contributed by atoms with Gasteiger partial charge in [0.05, 0.1) is 0 Å². The summed E-state index contributed by atoms with van der Waals surface area (Å²) >= 11 is 0. The van der Waals surface area contributed by atoms with Gasteiger partial charge in [0.1, 0.15) is 6.54 Å². The highest BCUT2D eigenvalue weighted by Crippen LogP contribution is 2.18. The molecule has 2 N–H and O–H groups in total. The maximum absolute atomic E-state index is 11.9. The van der Waals surface area contributed by atoms with Gasteiger partial charge in [-0.2, -0.15) is 0 Å². The molecule has 1 heterocycles. The van der Waals surface area contributed by atoms with Crippen LogP contribution in [0.15, 0.2) is 35.3 Å². The van der Waals surface area contributed by atoms with Crippen LogP contribution in [-0.2, 0) is 11.2 Å². The van der Waals surface area contributed by atoms with Crippen LogP contribution in [0.2, 0.25) is 0 Å². The van der Waals surface area contributed by atoms with Gasteiger partial charge in [-0.25, -0.2) is 4.99 Å². The van der Waals surface area contributed by atoms with Crippen LogP contribution < -0.4 is 10.6 Å². The zero-order valence-electron chi connectivity index (χ0n) is 18.2. The van der Waals surface area contributed by atoms with E-state index in [0.717, 1.165) is 32.0 Å². The fourth-order valence-electron chi connectivity index (χ4n) is 3.57. The standard InChI is InChI=1S/C22H37N5O.HI/c1-4-20-12-8-9-16-27(20)17-15-24-22(25-18-21(28)26(2)3)23-14-13-19-10-6-5-7-11-19;/h5-7,10-11,20H,4,8-9,12-18H2,1-3H3,(H2,23,24,25);1H. The highest BCUT2D eigenvalue weighted by Gasteiger charge is 2.20.